The van der Waals surface area contributed by atoms with E-state index in [4.69, 9.17) is 0 Å². The number of ketones is 1. The van der Waals surface area contributed by atoms with E-state index in [-0.39, 0.29) is 5.78 Å². The average Bonchev–Trinajstić information content (AvgIpc) is 2.93. The van der Waals surface area contributed by atoms with E-state index in [0.29, 0.717) is 22.8 Å². The highest BCUT2D eigenvalue weighted by atomic mass is 79.9. The highest BCUT2D eigenvalue weighted by Gasteiger charge is 2.21. The topological polar surface area (TPSA) is 59.8 Å². The molecule has 0 radical (unpaired) electrons. The highest BCUT2D eigenvalue weighted by molar-refractivity contribution is 9.10. The Hall–Kier alpha value is -0.750. The second kappa shape index (κ2) is 4.40. The third kappa shape index (κ3) is 2.63. The summed E-state index contributed by atoms with van der Waals surface area (Å²) in [5.74, 6) is 0.0718. The van der Waals surface area contributed by atoms with Crippen molar-refractivity contribution in [2.75, 3.05) is 6.54 Å². The van der Waals surface area contributed by atoms with Crippen LogP contribution in [0.1, 0.15) is 29.8 Å². The summed E-state index contributed by atoms with van der Waals surface area (Å²) in [6.07, 6.45) is 2.98. The van der Waals surface area contributed by atoms with Gasteiger partial charge in [0.05, 0.1) is 0 Å². The molecule has 1 aromatic heterocycles. The van der Waals surface area contributed by atoms with Crippen molar-refractivity contribution >= 4 is 21.7 Å². The fraction of sp³-hybridized carbons (Fsp3) is 0.667. The molecule has 0 aromatic carbocycles. The molecule has 1 N–H and O–H groups in total. The van der Waals surface area contributed by atoms with Gasteiger partial charge in [0.15, 0.2) is 10.4 Å². The minimum absolute atomic E-state index is 0.0718. The fourth-order valence-electron chi connectivity index (χ4n) is 1.42. The van der Waals surface area contributed by atoms with Gasteiger partial charge in [-0.1, -0.05) is 5.21 Å². The first-order chi connectivity index (χ1) is 7.18. The third-order valence-electron chi connectivity index (χ3n) is 2.41. The molecule has 0 aliphatic heterocycles. The van der Waals surface area contributed by atoms with Gasteiger partial charge in [-0.3, -0.25) is 4.79 Å². The monoisotopic (exact) mass is 272 g/mol. The van der Waals surface area contributed by atoms with Gasteiger partial charge < -0.3 is 5.32 Å². The van der Waals surface area contributed by atoms with Gasteiger partial charge in [-0.25, -0.2) is 4.68 Å². The van der Waals surface area contributed by atoms with Gasteiger partial charge in [0.1, 0.15) is 5.69 Å². The van der Waals surface area contributed by atoms with E-state index in [1.165, 1.54) is 17.5 Å². The summed E-state index contributed by atoms with van der Waals surface area (Å²) in [5.41, 5.74) is 0.549. The molecule has 0 spiro atoms. The summed E-state index contributed by atoms with van der Waals surface area (Å²) in [6, 6.07) is 0.644. The predicted octanol–water partition coefficient (Wildman–Crippen LogP) is 0.902. The fourth-order valence-corrected chi connectivity index (χ4v) is 1.97. The van der Waals surface area contributed by atoms with E-state index in [1.807, 2.05) is 0 Å². The summed E-state index contributed by atoms with van der Waals surface area (Å²) in [7, 11) is 1.72. The number of aryl methyl sites for hydroxylation is 1. The third-order valence-corrected chi connectivity index (χ3v) is 2.95. The van der Waals surface area contributed by atoms with Gasteiger partial charge in [-0.2, -0.15) is 0 Å². The molecule has 0 amide bonds. The van der Waals surface area contributed by atoms with E-state index in [2.05, 4.69) is 31.6 Å². The van der Waals surface area contributed by atoms with Gasteiger partial charge in [-0.15, -0.1) is 5.10 Å². The highest BCUT2D eigenvalue weighted by Crippen LogP contribution is 2.19. The predicted molar refractivity (Wildman–Crippen MR) is 58.7 cm³/mol. The van der Waals surface area contributed by atoms with Crippen molar-refractivity contribution in [3.05, 3.63) is 10.3 Å². The first kappa shape index (κ1) is 10.8. The number of nitrogens with zero attached hydrogens (tertiary/aromatic N) is 3. The minimum Gasteiger partial charge on any atom is -0.314 e. The van der Waals surface area contributed by atoms with Gasteiger partial charge >= 0.3 is 0 Å². The molecule has 0 saturated heterocycles. The molecule has 82 valence electrons. The van der Waals surface area contributed by atoms with Gasteiger partial charge in [0.25, 0.3) is 0 Å². The number of Topliss-reactive ketones (excluding diaryl/α,β-unsaturated/α-hetero) is 1. The molecule has 0 atom stereocenters. The number of nitrogens with one attached hydrogen (secondary N) is 1. The molecule has 6 heteroatoms. The van der Waals surface area contributed by atoms with Crippen LogP contribution in [-0.4, -0.2) is 33.4 Å². The Balaban J connectivity index is 1.88. The standard InChI is InChI=1S/C9H13BrN4O/c1-14-8(9(10)12-13-14)7(15)4-5-11-6-2-3-6/h6,11H,2-5H2,1H3. The van der Waals surface area contributed by atoms with Crippen LogP contribution in [0.2, 0.25) is 0 Å². The Bertz CT molecular complexity index is 353. The number of carbonyl (C=O) groups excluding carboxylic acids is 1. The van der Waals surface area contributed by atoms with E-state index in [0.717, 1.165) is 6.54 Å². The Morgan fingerprint density at radius 2 is 2.40 bits per heavy atom. The van der Waals surface area contributed by atoms with Crippen molar-refractivity contribution in [1.82, 2.24) is 20.3 Å². The lowest BCUT2D eigenvalue weighted by Gasteiger charge is -2.02. The van der Waals surface area contributed by atoms with Crippen LogP contribution in [0.15, 0.2) is 4.60 Å². The molecular formula is C9H13BrN4O. The van der Waals surface area contributed by atoms with Gasteiger partial charge in [-0.05, 0) is 28.8 Å². The number of aromatic nitrogens is 3. The van der Waals surface area contributed by atoms with Crippen molar-refractivity contribution in [2.24, 2.45) is 7.05 Å². The summed E-state index contributed by atoms with van der Waals surface area (Å²) in [5, 5.41) is 10.9. The van der Waals surface area contributed by atoms with Gasteiger partial charge in [0, 0.05) is 26.1 Å². The lowest BCUT2D eigenvalue weighted by Crippen LogP contribution is -2.21. The Kier molecular flexibility index (Phi) is 3.16. The second-order valence-electron chi connectivity index (χ2n) is 3.75. The Labute approximate surface area is 96.4 Å². The van der Waals surface area contributed by atoms with Crippen molar-refractivity contribution in [1.29, 1.82) is 0 Å². The number of rotatable bonds is 5. The maximum absolute atomic E-state index is 11.8. The zero-order valence-corrected chi connectivity index (χ0v) is 10.1. The first-order valence-corrected chi connectivity index (χ1v) is 5.79. The van der Waals surface area contributed by atoms with E-state index >= 15 is 0 Å². The summed E-state index contributed by atoms with van der Waals surface area (Å²) in [4.78, 5) is 11.8. The molecule has 0 unspecified atom stereocenters. The van der Waals surface area contributed by atoms with Crippen LogP contribution < -0.4 is 5.32 Å². The smallest absolute Gasteiger partial charge is 0.184 e. The Morgan fingerprint density at radius 3 is 2.93 bits per heavy atom. The molecule has 1 fully saturated rings. The van der Waals surface area contributed by atoms with E-state index < -0.39 is 0 Å². The van der Waals surface area contributed by atoms with Crippen LogP contribution in [0.4, 0.5) is 0 Å². The van der Waals surface area contributed by atoms with Crippen molar-refractivity contribution in [3.8, 4) is 0 Å². The molecule has 1 aliphatic carbocycles. The molecule has 1 heterocycles. The van der Waals surface area contributed by atoms with Crippen molar-refractivity contribution in [2.45, 2.75) is 25.3 Å². The maximum Gasteiger partial charge on any atom is 0.184 e. The molecular weight excluding hydrogens is 260 g/mol. The first-order valence-electron chi connectivity index (χ1n) is 5.00. The molecule has 1 aromatic rings. The molecule has 2 rings (SSSR count). The van der Waals surface area contributed by atoms with Crippen LogP contribution in [0.5, 0.6) is 0 Å². The zero-order chi connectivity index (χ0) is 10.8. The zero-order valence-electron chi connectivity index (χ0n) is 8.53. The normalized spacial score (nSPS) is 15.6. The molecule has 1 aliphatic rings. The number of hydrogen-bond acceptors (Lipinski definition) is 4. The van der Waals surface area contributed by atoms with E-state index in [1.54, 1.807) is 7.05 Å². The quantitative estimate of drug-likeness (QED) is 0.810. The Morgan fingerprint density at radius 1 is 1.67 bits per heavy atom. The number of carbonyl (C=O) groups is 1. The van der Waals surface area contributed by atoms with Gasteiger partial charge in [0.2, 0.25) is 0 Å². The lowest BCUT2D eigenvalue weighted by atomic mass is 10.2. The van der Waals surface area contributed by atoms with Crippen LogP contribution in [-0.2, 0) is 7.05 Å². The minimum atomic E-state index is 0.0718. The van der Waals surface area contributed by atoms with Crippen LogP contribution in [0.25, 0.3) is 0 Å². The largest absolute Gasteiger partial charge is 0.314 e. The van der Waals surface area contributed by atoms with Crippen LogP contribution in [0, 0.1) is 0 Å². The molecule has 0 bridgehead atoms. The summed E-state index contributed by atoms with van der Waals surface area (Å²) in [6.45, 7) is 0.737. The molecule has 15 heavy (non-hydrogen) atoms. The molecule has 5 nitrogen and oxygen atoms in total. The lowest BCUT2D eigenvalue weighted by molar-refractivity contribution is 0.0972. The number of hydrogen-bond donors (Lipinski definition) is 1. The molecule has 1 saturated carbocycles. The van der Waals surface area contributed by atoms with Crippen molar-refractivity contribution in [3.63, 3.8) is 0 Å². The average molecular weight is 273 g/mol. The maximum atomic E-state index is 11.8. The summed E-state index contributed by atoms with van der Waals surface area (Å²) >= 11 is 3.22. The second-order valence-corrected chi connectivity index (χ2v) is 4.51. The van der Waals surface area contributed by atoms with Crippen molar-refractivity contribution < 1.29 is 4.79 Å². The SMILES string of the molecule is Cn1nnc(Br)c1C(=O)CCNC1CC1. The van der Waals surface area contributed by atoms with Crippen LogP contribution in [0.3, 0.4) is 0 Å². The number of halogens is 1. The summed E-state index contributed by atoms with van der Waals surface area (Å²) < 4.78 is 2.03. The van der Waals surface area contributed by atoms with Crippen LogP contribution >= 0.6 is 15.9 Å². The van der Waals surface area contributed by atoms with E-state index in [9.17, 15) is 4.79 Å².